The maximum Gasteiger partial charge on any atom is 0.321 e. The molecule has 0 aliphatic carbocycles. The van der Waals surface area contributed by atoms with Gasteiger partial charge in [-0.2, -0.15) is 5.10 Å². The molecule has 0 N–H and O–H groups in total. The van der Waals surface area contributed by atoms with E-state index in [-0.39, 0.29) is 12.2 Å². The molecule has 0 radical (unpaired) electrons. The molecule has 0 bridgehead atoms. The van der Waals surface area contributed by atoms with Crippen LogP contribution in [0, 0.1) is 18.6 Å². The largest absolute Gasteiger partial charge is 0.442 e. The normalized spacial score (nSPS) is 11.6. The number of nitrogens with zero attached hydrogens (tertiary/aromatic N) is 5. The molecule has 0 fully saturated rings. The van der Waals surface area contributed by atoms with Gasteiger partial charge in [0.25, 0.3) is 10.0 Å². The summed E-state index contributed by atoms with van der Waals surface area (Å²) in [6.07, 6.45) is 5.21. The maximum absolute atomic E-state index is 14.7. The fourth-order valence-corrected chi connectivity index (χ4v) is 5.63. The first-order chi connectivity index (χ1) is 19.0. The highest BCUT2D eigenvalue weighted by Gasteiger charge is 2.31. The van der Waals surface area contributed by atoms with Crippen molar-refractivity contribution < 1.29 is 26.7 Å². The molecule has 0 spiro atoms. The van der Waals surface area contributed by atoms with Gasteiger partial charge in [0.1, 0.15) is 22.2 Å². The van der Waals surface area contributed by atoms with E-state index in [1.54, 1.807) is 55.1 Å². The Morgan fingerprint density at radius 1 is 1.05 bits per heavy atom. The molecule has 4 aromatic rings. The van der Waals surface area contributed by atoms with Gasteiger partial charge in [-0.15, -0.1) is 0 Å². The number of aromatic nitrogens is 3. The summed E-state index contributed by atoms with van der Waals surface area (Å²) in [4.78, 5) is 17.1. The van der Waals surface area contributed by atoms with E-state index in [1.807, 2.05) is 25.3 Å². The van der Waals surface area contributed by atoms with Crippen molar-refractivity contribution >= 4 is 21.7 Å². The fraction of sp³-hybridized carbons (Fsp3) is 0.250. The van der Waals surface area contributed by atoms with Crippen molar-refractivity contribution in [3.63, 3.8) is 0 Å². The molecule has 0 amide bonds. The van der Waals surface area contributed by atoms with E-state index in [9.17, 15) is 22.0 Å². The van der Waals surface area contributed by atoms with Crippen molar-refractivity contribution in [2.75, 3.05) is 31.7 Å². The highest BCUT2D eigenvalue weighted by Crippen LogP contribution is 2.38. The second-order valence-electron chi connectivity index (χ2n) is 9.24. The zero-order chi connectivity index (χ0) is 29.0. The predicted octanol–water partition coefficient (Wildman–Crippen LogP) is 4.48. The molecule has 2 heterocycles. The van der Waals surface area contributed by atoms with Crippen molar-refractivity contribution in [1.29, 1.82) is 0 Å². The number of esters is 1. The standard InChI is InChI=1S/C28H29F2N5O4S/c1-5-34-16-23(20-11-13-31-14-12-20)28(32-34)22-7-6-8-25(19(22)2)35(18-39-27(36)17-33(3)4)40(37,38)26-15-21(29)9-10-24(26)30/h6-16H,5,17-18H2,1-4H3. The van der Waals surface area contributed by atoms with E-state index < -0.39 is 39.3 Å². The van der Waals surface area contributed by atoms with Gasteiger partial charge in [0, 0.05) is 36.3 Å². The molecule has 0 aliphatic heterocycles. The molecule has 0 aliphatic rings. The van der Waals surface area contributed by atoms with Crippen LogP contribution in [0.25, 0.3) is 22.4 Å². The number of hydrogen-bond acceptors (Lipinski definition) is 7. The van der Waals surface area contributed by atoms with Gasteiger partial charge in [-0.3, -0.25) is 19.4 Å². The zero-order valence-corrected chi connectivity index (χ0v) is 23.3. The Kier molecular flexibility index (Phi) is 8.60. The van der Waals surface area contributed by atoms with Crippen LogP contribution in [-0.4, -0.2) is 61.4 Å². The number of pyridine rings is 1. The Hall–Kier alpha value is -4.16. The average molecular weight is 570 g/mol. The van der Waals surface area contributed by atoms with Gasteiger partial charge in [-0.05, 0) is 75.5 Å². The molecule has 2 aromatic carbocycles. The Morgan fingerprint density at radius 2 is 1.77 bits per heavy atom. The molecule has 9 nitrogen and oxygen atoms in total. The van der Waals surface area contributed by atoms with Crippen molar-refractivity contribution in [2.45, 2.75) is 25.3 Å². The van der Waals surface area contributed by atoms with Crippen molar-refractivity contribution in [3.8, 4) is 22.4 Å². The lowest BCUT2D eigenvalue weighted by molar-refractivity contribution is -0.143. The number of rotatable bonds is 10. The Bertz CT molecular complexity index is 1630. The number of aryl methyl sites for hydroxylation is 1. The molecule has 4 rings (SSSR count). The number of likely N-dealkylation sites (N-methyl/N-ethyl adjacent to an activating group) is 1. The van der Waals surface area contributed by atoms with Gasteiger partial charge in [0.2, 0.25) is 0 Å². The highest BCUT2D eigenvalue weighted by molar-refractivity contribution is 7.92. The summed E-state index contributed by atoms with van der Waals surface area (Å²) in [5.74, 6) is -2.76. The Morgan fingerprint density at radius 3 is 2.45 bits per heavy atom. The van der Waals surface area contributed by atoms with Gasteiger partial charge in [0.15, 0.2) is 6.73 Å². The van der Waals surface area contributed by atoms with E-state index in [2.05, 4.69) is 4.98 Å². The van der Waals surface area contributed by atoms with Crippen LogP contribution in [0.15, 0.2) is 72.0 Å². The maximum atomic E-state index is 14.7. The second-order valence-corrected chi connectivity index (χ2v) is 11.1. The van der Waals surface area contributed by atoms with E-state index in [0.717, 1.165) is 27.6 Å². The predicted molar refractivity (Wildman–Crippen MR) is 147 cm³/mol. The van der Waals surface area contributed by atoms with E-state index in [4.69, 9.17) is 9.84 Å². The Labute approximate surface area is 231 Å². The quantitative estimate of drug-likeness (QED) is 0.205. The van der Waals surface area contributed by atoms with Crippen molar-refractivity contribution in [2.24, 2.45) is 0 Å². The number of sulfonamides is 1. The number of halogens is 2. The third-order valence-electron chi connectivity index (χ3n) is 6.16. The van der Waals surface area contributed by atoms with Crippen LogP contribution in [0.2, 0.25) is 0 Å². The number of ether oxygens (including phenoxy) is 1. The van der Waals surface area contributed by atoms with Crippen LogP contribution in [-0.2, 0) is 26.1 Å². The summed E-state index contributed by atoms with van der Waals surface area (Å²) in [6.45, 7) is 3.37. The van der Waals surface area contributed by atoms with Gasteiger partial charge in [-0.25, -0.2) is 21.5 Å². The molecule has 0 saturated carbocycles. The summed E-state index contributed by atoms with van der Waals surface area (Å²) in [5, 5.41) is 4.72. The number of hydrogen-bond donors (Lipinski definition) is 0. The number of carbonyl (C=O) groups is 1. The third-order valence-corrected chi connectivity index (χ3v) is 7.91. The van der Waals surface area contributed by atoms with Crippen LogP contribution >= 0.6 is 0 Å². The molecular weight excluding hydrogens is 540 g/mol. The lowest BCUT2D eigenvalue weighted by Crippen LogP contribution is -2.37. The smallest absolute Gasteiger partial charge is 0.321 e. The molecule has 0 atom stereocenters. The average Bonchev–Trinajstić information content (AvgIpc) is 3.35. The summed E-state index contributed by atoms with van der Waals surface area (Å²) < 4.78 is 64.1. The summed E-state index contributed by atoms with van der Waals surface area (Å²) >= 11 is 0. The highest BCUT2D eigenvalue weighted by atomic mass is 32.2. The minimum atomic E-state index is -4.72. The minimum Gasteiger partial charge on any atom is -0.442 e. The monoisotopic (exact) mass is 569 g/mol. The van der Waals surface area contributed by atoms with E-state index in [1.165, 1.54) is 6.07 Å². The van der Waals surface area contributed by atoms with Gasteiger partial charge < -0.3 is 4.74 Å². The third kappa shape index (κ3) is 6.02. The molecule has 0 unspecified atom stereocenters. The molecular formula is C28H29F2N5O4S. The second kappa shape index (κ2) is 11.9. The first kappa shape index (κ1) is 28.8. The minimum absolute atomic E-state index is 0.106. The summed E-state index contributed by atoms with van der Waals surface area (Å²) in [7, 11) is -1.41. The molecule has 2 aromatic heterocycles. The lowest BCUT2D eigenvalue weighted by atomic mass is 9.98. The van der Waals surface area contributed by atoms with Crippen molar-refractivity contribution in [3.05, 3.63) is 84.3 Å². The number of benzene rings is 2. The van der Waals surface area contributed by atoms with Crippen LogP contribution in [0.3, 0.4) is 0 Å². The van der Waals surface area contributed by atoms with Crippen LogP contribution in [0.1, 0.15) is 12.5 Å². The SMILES string of the molecule is CCn1cc(-c2ccncc2)c(-c2cccc(N(COC(=O)CN(C)C)S(=O)(=O)c3cc(F)ccc3F)c2C)n1. The first-order valence-electron chi connectivity index (χ1n) is 12.4. The van der Waals surface area contributed by atoms with E-state index >= 15 is 0 Å². The number of anilines is 1. The van der Waals surface area contributed by atoms with Crippen LogP contribution < -0.4 is 4.31 Å². The summed E-state index contributed by atoms with van der Waals surface area (Å²) in [6, 6.07) is 10.8. The zero-order valence-electron chi connectivity index (χ0n) is 22.5. The molecule has 210 valence electrons. The lowest BCUT2D eigenvalue weighted by Gasteiger charge is -2.27. The van der Waals surface area contributed by atoms with E-state index in [0.29, 0.717) is 29.4 Å². The molecule has 0 saturated heterocycles. The summed E-state index contributed by atoms with van der Waals surface area (Å²) in [5.41, 5.74) is 3.45. The molecule has 12 heteroatoms. The molecule has 40 heavy (non-hydrogen) atoms. The van der Waals surface area contributed by atoms with Gasteiger partial charge in [-0.1, -0.05) is 12.1 Å². The Balaban J connectivity index is 1.87. The van der Waals surface area contributed by atoms with Gasteiger partial charge >= 0.3 is 5.97 Å². The van der Waals surface area contributed by atoms with Crippen LogP contribution in [0.4, 0.5) is 14.5 Å². The first-order valence-corrected chi connectivity index (χ1v) is 13.8. The van der Waals surface area contributed by atoms with Crippen LogP contribution in [0.5, 0.6) is 0 Å². The fourth-order valence-electron chi connectivity index (χ4n) is 4.17. The van der Waals surface area contributed by atoms with Crippen molar-refractivity contribution in [1.82, 2.24) is 19.7 Å². The topological polar surface area (TPSA) is 97.6 Å². The number of carbonyl (C=O) groups excluding carboxylic acids is 1. The van der Waals surface area contributed by atoms with Gasteiger partial charge in [0.05, 0.1) is 12.2 Å².